The number of nitrogens with zero attached hydrogens (tertiary/aromatic N) is 5. The SMILES string of the molecule is CC1CN(c2nc3c(c(=O)n(C)c(=O)n3C)n2CCCNCC(O)c2ccc(O)c(O)c2)CCO1. The molecule has 2 unspecified atom stereocenters. The van der Waals surface area contributed by atoms with Crippen molar-refractivity contribution >= 4 is 17.1 Å². The van der Waals surface area contributed by atoms with Crippen molar-refractivity contribution in [2.75, 3.05) is 37.7 Å². The number of aliphatic hydroxyl groups is 1. The van der Waals surface area contributed by atoms with Crippen molar-refractivity contribution in [3.63, 3.8) is 0 Å². The molecule has 1 fully saturated rings. The third-order valence-electron chi connectivity index (χ3n) is 6.31. The van der Waals surface area contributed by atoms with Crippen molar-refractivity contribution in [1.29, 1.82) is 0 Å². The second-order valence-electron chi connectivity index (χ2n) is 8.89. The van der Waals surface area contributed by atoms with E-state index in [0.717, 1.165) is 4.57 Å². The Labute approximate surface area is 201 Å². The van der Waals surface area contributed by atoms with Crippen LogP contribution in [0.4, 0.5) is 5.95 Å². The van der Waals surface area contributed by atoms with Gasteiger partial charge in [-0.25, -0.2) is 4.79 Å². The molecule has 1 aliphatic heterocycles. The Morgan fingerprint density at radius 1 is 1.20 bits per heavy atom. The Hall–Kier alpha value is -3.35. The minimum atomic E-state index is -0.859. The molecule has 0 saturated carbocycles. The van der Waals surface area contributed by atoms with Gasteiger partial charge in [0.25, 0.3) is 5.56 Å². The highest BCUT2D eigenvalue weighted by atomic mass is 16.5. The molecule has 0 spiro atoms. The molecule has 2 aromatic heterocycles. The normalized spacial score (nSPS) is 17.3. The zero-order valence-corrected chi connectivity index (χ0v) is 20.1. The smallest absolute Gasteiger partial charge is 0.332 e. The van der Waals surface area contributed by atoms with Gasteiger partial charge >= 0.3 is 5.69 Å². The molecule has 3 aromatic rings. The van der Waals surface area contributed by atoms with E-state index < -0.39 is 17.4 Å². The summed E-state index contributed by atoms with van der Waals surface area (Å²) in [6, 6.07) is 4.21. The highest BCUT2D eigenvalue weighted by molar-refractivity contribution is 5.74. The summed E-state index contributed by atoms with van der Waals surface area (Å²) in [4.78, 5) is 32.2. The van der Waals surface area contributed by atoms with Crippen LogP contribution in [0.2, 0.25) is 0 Å². The number of morpholine rings is 1. The Balaban J connectivity index is 1.51. The van der Waals surface area contributed by atoms with Crippen LogP contribution in [-0.2, 0) is 25.4 Å². The van der Waals surface area contributed by atoms with Crippen LogP contribution in [0.15, 0.2) is 27.8 Å². The van der Waals surface area contributed by atoms with Gasteiger partial charge in [-0.15, -0.1) is 0 Å². The third kappa shape index (κ3) is 4.90. The summed E-state index contributed by atoms with van der Waals surface area (Å²) in [6.45, 7) is 5.07. The fourth-order valence-corrected chi connectivity index (χ4v) is 4.35. The van der Waals surface area contributed by atoms with Crippen molar-refractivity contribution in [3.8, 4) is 11.5 Å². The standard InChI is InChI=1S/C23H32N6O6/c1-14-13-28(9-10-35-14)22-25-20-19(21(33)27(3)23(34)26(20)2)29(22)8-4-7-24-12-18(32)15-5-6-16(30)17(31)11-15/h5-6,11,14,18,24,30-32H,4,7-10,12-13H2,1-3H3. The van der Waals surface area contributed by atoms with E-state index in [2.05, 4.69) is 10.2 Å². The lowest BCUT2D eigenvalue weighted by Crippen LogP contribution is -2.42. The van der Waals surface area contributed by atoms with Crippen LogP contribution >= 0.6 is 0 Å². The van der Waals surface area contributed by atoms with Gasteiger partial charge in [-0.2, -0.15) is 4.98 Å². The van der Waals surface area contributed by atoms with E-state index in [9.17, 15) is 24.9 Å². The number of nitrogens with one attached hydrogen (secondary N) is 1. The van der Waals surface area contributed by atoms with Crippen LogP contribution in [0, 0.1) is 0 Å². The maximum atomic E-state index is 13.0. The summed E-state index contributed by atoms with van der Waals surface area (Å²) < 4.78 is 10.0. The molecular formula is C23H32N6O6. The number of aryl methyl sites for hydroxylation is 2. The molecule has 1 aromatic carbocycles. The first-order valence-corrected chi connectivity index (χ1v) is 11.6. The van der Waals surface area contributed by atoms with Crippen LogP contribution in [-0.4, -0.2) is 72.9 Å². The van der Waals surface area contributed by atoms with Gasteiger partial charge in [0.15, 0.2) is 22.7 Å². The second kappa shape index (κ2) is 10.1. The average molecular weight is 489 g/mol. The lowest BCUT2D eigenvalue weighted by molar-refractivity contribution is 0.0524. The number of anilines is 1. The van der Waals surface area contributed by atoms with Crippen LogP contribution in [0.3, 0.4) is 0 Å². The number of aromatic nitrogens is 4. The fourth-order valence-electron chi connectivity index (χ4n) is 4.35. The van der Waals surface area contributed by atoms with Gasteiger partial charge < -0.3 is 34.8 Å². The zero-order chi connectivity index (χ0) is 25.3. The molecule has 0 radical (unpaired) electrons. The van der Waals surface area contributed by atoms with E-state index in [4.69, 9.17) is 9.72 Å². The molecule has 35 heavy (non-hydrogen) atoms. The quantitative estimate of drug-likeness (QED) is 0.250. The van der Waals surface area contributed by atoms with Crippen molar-refractivity contribution in [1.82, 2.24) is 24.0 Å². The minimum absolute atomic E-state index is 0.0196. The summed E-state index contributed by atoms with van der Waals surface area (Å²) in [6.07, 6.45) is -0.202. The van der Waals surface area contributed by atoms with E-state index in [1.54, 1.807) is 13.1 Å². The van der Waals surface area contributed by atoms with E-state index in [-0.39, 0.29) is 24.1 Å². The summed E-state index contributed by atoms with van der Waals surface area (Å²) in [5, 5.41) is 32.6. The molecule has 12 heteroatoms. The number of aliphatic hydroxyl groups excluding tert-OH is 1. The number of phenols is 2. The van der Waals surface area contributed by atoms with Gasteiger partial charge in [0, 0.05) is 40.3 Å². The number of ether oxygens (including phenoxy) is 1. The molecule has 0 bridgehead atoms. The van der Waals surface area contributed by atoms with Crippen molar-refractivity contribution in [2.45, 2.75) is 32.1 Å². The first-order valence-electron chi connectivity index (χ1n) is 11.6. The Morgan fingerprint density at radius 3 is 2.69 bits per heavy atom. The van der Waals surface area contributed by atoms with Crippen LogP contribution < -0.4 is 21.5 Å². The predicted octanol–water partition coefficient (Wildman–Crippen LogP) is -0.217. The summed E-state index contributed by atoms with van der Waals surface area (Å²) in [5.41, 5.74) is 0.399. The first kappa shape index (κ1) is 24.8. The lowest BCUT2D eigenvalue weighted by Gasteiger charge is -2.32. The van der Waals surface area contributed by atoms with E-state index >= 15 is 0 Å². The number of hydrogen-bond donors (Lipinski definition) is 4. The minimum Gasteiger partial charge on any atom is -0.504 e. The summed E-state index contributed by atoms with van der Waals surface area (Å²) in [5.74, 6) is 0.109. The fraction of sp³-hybridized carbons (Fsp3) is 0.522. The number of imidazole rings is 1. The van der Waals surface area contributed by atoms with Crippen LogP contribution in [0.1, 0.15) is 25.0 Å². The van der Waals surface area contributed by atoms with E-state index in [1.165, 1.54) is 23.7 Å². The van der Waals surface area contributed by atoms with Gasteiger partial charge in [0.1, 0.15) is 0 Å². The number of phenolic OH excluding ortho intramolecular Hbond substituents is 2. The monoisotopic (exact) mass is 488 g/mol. The number of hydrogen-bond acceptors (Lipinski definition) is 9. The number of benzene rings is 1. The van der Waals surface area contributed by atoms with Gasteiger partial charge in [-0.05, 0) is 37.6 Å². The molecule has 3 heterocycles. The molecule has 2 atom stereocenters. The lowest BCUT2D eigenvalue weighted by atomic mass is 10.1. The Kier molecular flexibility index (Phi) is 7.15. The average Bonchev–Trinajstić information content (AvgIpc) is 3.22. The molecule has 1 aliphatic rings. The largest absolute Gasteiger partial charge is 0.504 e. The topological polar surface area (TPSA) is 147 Å². The Morgan fingerprint density at radius 2 is 1.97 bits per heavy atom. The molecule has 4 rings (SSSR count). The molecule has 4 N–H and O–H groups in total. The molecule has 1 saturated heterocycles. The molecule has 0 amide bonds. The van der Waals surface area contributed by atoms with Crippen molar-refractivity contribution < 1.29 is 20.1 Å². The highest BCUT2D eigenvalue weighted by Gasteiger charge is 2.25. The summed E-state index contributed by atoms with van der Waals surface area (Å²) in [7, 11) is 3.07. The van der Waals surface area contributed by atoms with Crippen LogP contribution in [0.25, 0.3) is 11.2 Å². The van der Waals surface area contributed by atoms with E-state index in [1.807, 2.05) is 11.5 Å². The second-order valence-corrected chi connectivity index (χ2v) is 8.89. The molecular weight excluding hydrogens is 456 g/mol. The molecule has 12 nitrogen and oxygen atoms in total. The van der Waals surface area contributed by atoms with Crippen molar-refractivity contribution in [3.05, 3.63) is 44.6 Å². The van der Waals surface area contributed by atoms with Crippen LogP contribution in [0.5, 0.6) is 11.5 Å². The van der Waals surface area contributed by atoms with Gasteiger partial charge in [-0.3, -0.25) is 13.9 Å². The maximum Gasteiger partial charge on any atom is 0.332 e. The first-order chi connectivity index (χ1) is 16.7. The van der Waals surface area contributed by atoms with Gasteiger partial charge in [0.2, 0.25) is 5.95 Å². The van der Waals surface area contributed by atoms with E-state index in [0.29, 0.717) is 61.9 Å². The number of rotatable bonds is 8. The molecule has 190 valence electrons. The number of aromatic hydroxyl groups is 2. The maximum absolute atomic E-state index is 13.0. The predicted molar refractivity (Wildman–Crippen MR) is 130 cm³/mol. The Bertz CT molecular complexity index is 1330. The molecule has 0 aliphatic carbocycles. The third-order valence-corrected chi connectivity index (χ3v) is 6.31. The van der Waals surface area contributed by atoms with Gasteiger partial charge in [-0.1, -0.05) is 6.07 Å². The van der Waals surface area contributed by atoms with Gasteiger partial charge in [0.05, 0.1) is 18.8 Å². The summed E-state index contributed by atoms with van der Waals surface area (Å²) >= 11 is 0. The zero-order valence-electron chi connectivity index (χ0n) is 20.1. The number of fused-ring (bicyclic) bond motifs is 1. The highest BCUT2D eigenvalue weighted by Crippen LogP contribution is 2.27. The van der Waals surface area contributed by atoms with Crippen molar-refractivity contribution in [2.24, 2.45) is 14.1 Å².